The van der Waals surface area contributed by atoms with E-state index in [1.807, 2.05) is 54.1 Å². The fourth-order valence-electron chi connectivity index (χ4n) is 5.16. The molecule has 0 aliphatic carbocycles. The number of carbonyl (C=O) groups is 2. The first-order chi connectivity index (χ1) is 17.1. The standard InChI is InChI=1S/C29H37N5O2/c1-7-20-14-16-22(17-15-20)29(8-2,27(36)33(5)6)32-26(35)23-19-30-34-25(23)31-24(18-28(34,3)4)21-12-10-9-11-13-21/h9-17,19,24,31H,7-8,18H2,1-6H3,(H,32,35)/t24-,29?/m1/s1. The largest absolute Gasteiger partial charge is 0.363 e. The van der Waals surface area contributed by atoms with E-state index in [2.05, 4.69) is 48.6 Å². The molecule has 2 amide bonds. The summed E-state index contributed by atoms with van der Waals surface area (Å²) in [7, 11) is 3.44. The zero-order valence-electron chi connectivity index (χ0n) is 22.1. The predicted octanol–water partition coefficient (Wildman–Crippen LogP) is 4.86. The number of amides is 2. The van der Waals surface area contributed by atoms with Crippen LogP contribution in [0.4, 0.5) is 5.82 Å². The fourth-order valence-corrected chi connectivity index (χ4v) is 5.16. The van der Waals surface area contributed by atoms with Crippen molar-refractivity contribution in [3.8, 4) is 0 Å². The summed E-state index contributed by atoms with van der Waals surface area (Å²) in [4.78, 5) is 29.0. The van der Waals surface area contributed by atoms with Gasteiger partial charge >= 0.3 is 0 Å². The molecule has 190 valence electrons. The molecule has 7 nitrogen and oxygen atoms in total. The molecule has 3 aromatic rings. The predicted molar refractivity (Wildman–Crippen MR) is 143 cm³/mol. The molecule has 1 aromatic heterocycles. The molecule has 4 rings (SSSR count). The summed E-state index contributed by atoms with van der Waals surface area (Å²) in [6.07, 6.45) is 3.75. The van der Waals surface area contributed by atoms with E-state index in [0.717, 1.165) is 24.0 Å². The highest BCUT2D eigenvalue weighted by Gasteiger charge is 2.43. The molecule has 0 saturated heterocycles. The second-order valence-corrected chi connectivity index (χ2v) is 10.4. The molecule has 1 aliphatic heterocycles. The van der Waals surface area contributed by atoms with Crippen LogP contribution in [0.1, 0.15) is 73.6 Å². The van der Waals surface area contributed by atoms with Gasteiger partial charge in [0.25, 0.3) is 11.8 Å². The first-order valence-electron chi connectivity index (χ1n) is 12.7. The van der Waals surface area contributed by atoms with Gasteiger partial charge in [-0.25, -0.2) is 4.68 Å². The number of fused-ring (bicyclic) bond motifs is 1. The van der Waals surface area contributed by atoms with Crippen molar-refractivity contribution in [2.24, 2.45) is 0 Å². The molecule has 0 bridgehead atoms. The maximum atomic E-state index is 13.9. The van der Waals surface area contributed by atoms with Gasteiger partial charge in [0.15, 0.2) is 0 Å². The Morgan fingerprint density at radius 2 is 1.78 bits per heavy atom. The lowest BCUT2D eigenvalue weighted by atomic mass is 9.84. The number of nitrogens with one attached hydrogen (secondary N) is 2. The summed E-state index contributed by atoms with van der Waals surface area (Å²) in [5.41, 5.74) is 2.05. The molecule has 0 fully saturated rings. The van der Waals surface area contributed by atoms with E-state index in [9.17, 15) is 9.59 Å². The molecule has 2 atom stereocenters. The van der Waals surface area contributed by atoms with Gasteiger partial charge in [-0.05, 0) is 49.8 Å². The number of anilines is 1. The average molecular weight is 488 g/mol. The highest BCUT2D eigenvalue weighted by Crippen LogP contribution is 2.40. The van der Waals surface area contributed by atoms with Crippen LogP contribution in [0.5, 0.6) is 0 Å². The van der Waals surface area contributed by atoms with E-state index in [1.165, 1.54) is 10.5 Å². The average Bonchev–Trinajstić information content (AvgIpc) is 3.32. The monoisotopic (exact) mass is 487 g/mol. The normalized spacial score (nSPS) is 17.9. The Morgan fingerprint density at radius 1 is 1.11 bits per heavy atom. The Balaban J connectivity index is 1.73. The molecule has 1 unspecified atom stereocenters. The zero-order valence-corrected chi connectivity index (χ0v) is 22.1. The van der Waals surface area contributed by atoms with Gasteiger partial charge in [-0.3, -0.25) is 9.59 Å². The van der Waals surface area contributed by atoms with Gasteiger partial charge in [0.1, 0.15) is 16.9 Å². The van der Waals surface area contributed by atoms with Gasteiger partial charge < -0.3 is 15.5 Å². The maximum Gasteiger partial charge on any atom is 0.257 e. The number of aryl methyl sites for hydroxylation is 1. The highest BCUT2D eigenvalue weighted by molar-refractivity contribution is 6.02. The topological polar surface area (TPSA) is 79.3 Å². The van der Waals surface area contributed by atoms with E-state index < -0.39 is 5.54 Å². The summed E-state index contributed by atoms with van der Waals surface area (Å²) in [5.74, 6) is 0.171. The molecule has 1 aliphatic rings. The molecule has 0 spiro atoms. The van der Waals surface area contributed by atoms with Crippen LogP contribution in [-0.2, 0) is 22.3 Å². The van der Waals surface area contributed by atoms with Crippen molar-refractivity contribution in [1.29, 1.82) is 0 Å². The van der Waals surface area contributed by atoms with Gasteiger partial charge in [0, 0.05) is 14.1 Å². The first-order valence-corrected chi connectivity index (χ1v) is 12.7. The number of aromatic nitrogens is 2. The summed E-state index contributed by atoms with van der Waals surface area (Å²) in [6.45, 7) is 8.28. The summed E-state index contributed by atoms with van der Waals surface area (Å²) < 4.78 is 1.89. The van der Waals surface area contributed by atoms with Crippen LogP contribution >= 0.6 is 0 Å². The van der Waals surface area contributed by atoms with Gasteiger partial charge in [-0.2, -0.15) is 5.10 Å². The lowest BCUT2D eigenvalue weighted by Crippen LogP contribution is -2.55. The summed E-state index contributed by atoms with van der Waals surface area (Å²) >= 11 is 0. The quantitative estimate of drug-likeness (QED) is 0.499. The van der Waals surface area contributed by atoms with Crippen LogP contribution in [0.2, 0.25) is 0 Å². The number of hydrogen-bond acceptors (Lipinski definition) is 4. The smallest absolute Gasteiger partial charge is 0.257 e. The molecular formula is C29H37N5O2. The van der Waals surface area contributed by atoms with E-state index in [0.29, 0.717) is 17.8 Å². The van der Waals surface area contributed by atoms with E-state index >= 15 is 0 Å². The van der Waals surface area contributed by atoms with Crippen molar-refractivity contribution in [3.05, 3.63) is 83.0 Å². The van der Waals surface area contributed by atoms with Crippen LogP contribution < -0.4 is 10.6 Å². The van der Waals surface area contributed by atoms with E-state index in [4.69, 9.17) is 0 Å². The number of nitrogens with zero attached hydrogens (tertiary/aromatic N) is 3. The van der Waals surface area contributed by atoms with E-state index in [1.54, 1.807) is 20.3 Å². The number of rotatable bonds is 7. The van der Waals surface area contributed by atoms with Crippen LogP contribution in [0.15, 0.2) is 60.8 Å². The Kier molecular flexibility index (Phi) is 6.94. The number of likely N-dealkylation sites (N-methyl/N-ethyl adjacent to an activating group) is 1. The van der Waals surface area contributed by atoms with Gasteiger partial charge in [0.05, 0.1) is 17.8 Å². The highest BCUT2D eigenvalue weighted by atomic mass is 16.2. The second-order valence-electron chi connectivity index (χ2n) is 10.4. The number of carbonyl (C=O) groups excluding carboxylic acids is 2. The minimum Gasteiger partial charge on any atom is -0.363 e. The maximum absolute atomic E-state index is 13.9. The van der Waals surface area contributed by atoms with Crippen LogP contribution in [0, 0.1) is 0 Å². The molecule has 2 N–H and O–H groups in total. The Hall–Kier alpha value is -3.61. The van der Waals surface area contributed by atoms with Crippen molar-refractivity contribution in [3.63, 3.8) is 0 Å². The molecule has 7 heteroatoms. The summed E-state index contributed by atoms with van der Waals surface area (Å²) in [6, 6.07) is 18.2. The fraction of sp³-hybridized carbons (Fsp3) is 0.414. The third-order valence-electron chi connectivity index (χ3n) is 7.29. The minimum atomic E-state index is -1.19. The second kappa shape index (κ2) is 9.80. The van der Waals surface area contributed by atoms with Gasteiger partial charge in [0.2, 0.25) is 0 Å². The molecule has 0 saturated carbocycles. The molecular weight excluding hydrogens is 450 g/mol. The van der Waals surface area contributed by atoms with Crippen LogP contribution in [-0.4, -0.2) is 40.6 Å². The minimum absolute atomic E-state index is 0.0397. The lowest BCUT2D eigenvalue weighted by molar-refractivity contribution is -0.136. The van der Waals surface area contributed by atoms with Gasteiger partial charge in [-0.1, -0.05) is 68.4 Å². The molecule has 2 heterocycles. The van der Waals surface area contributed by atoms with Gasteiger partial charge in [-0.15, -0.1) is 0 Å². The number of benzene rings is 2. The zero-order chi connectivity index (χ0) is 26.1. The Labute approximate surface area is 213 Å². The van der Waals surface area contributed by atoms with Crippen LogP contribution in [0.25, 0.3) is 0 Å². The Morgan fingerprint density at radius 3 is 2.36 bits per heavy atom. The molecule has 36 heavy (non-hydrogen) atoms. The molecule has 2 aromatic carbocycles. The summed E-state index contributed by atoms with van der Waals surface area (Å²) in [5, 5.41) is 11.3. The Bertz CT molecular complexity index is 1230. The van der Waals surface area contributed by atoms with Crippen molar-refractivity contribution >= 4 is 17.6 Å². The van der Waals surface area contributed by atoms with Crippen LogP contribution in [0.3, 0.4) is 0 Å². The number of hydrogen-bond donors (Lipinski definition) is 2. The SMILES string of the molecule is CCc1ccc(C(CC)(NC(=O)c2cnn3c2N[C@@H](c2ccccc2)CC3(C)C)C(=O)N(C)C)cc1. The van der Waals surface area contributed by atoms with Crippen molar-refractivity contribution in [2.75, 3.05) is 19.4 Å². The van der Waals surface area contributed by atoms with Crippen molar-refractivity contribution in [1.82, 2.24) is 20.0 Å². The van der Waals surface area contributed by atoms with E-state index in [-0.39, 0.29) is 23.4 Å². The molecule has 0 radical (unpaired) electrons. The first kappa shape index (κ1) is 25.5. The lowest BCUT2D eigenvalue weighted by Gasteiger charge is -2.39. The third-order valence-corrected chi connectivity index (χ3v) is 7.29. The third kappa shape index (κ3) is 4.50. The van der Waals surface area contributed by atoms with Crippen molar-refractivity contribution < 1.29 is 9.59 Å². The van der Waals surface area contributed by atoms with Crippen molar-refractivity contribution in [2.45, 2.75) is 64.1 Å².